The molecule has 274 valence electrons. The molecule has 0 radical (unpaired) electrons. The molecule has 3 aliphatic rings. The molecule has 3 unspecified atom stereocenters. The average Bonchev–Trinajstić information content (AvgIpc) is 3.30. The van der Waals surface area contributed by atoms with Crippen LogP contribution < -0.4 is 0 Å². The number of Topliss-reactive ketones (excluding diaryl/α,β-unsaturated/α-hetero) is 1. The van der Waals surface area contributed by atoms with Crippen LogP contribution in [-0.2, 0) is 33.3 Å². The van der Waals surface area contributed by atoms with Crippen molar-refractivity contribution in [2.75, 3.05) is 34.3 Å². The number of fused-ring (bicyclic) bond motifs is 1. The second-order valence-electron chi connectivity index (χ2n) is 14.6. The van der Waals surface area contributed by atoms with E-state index >= 15 is 0 Å². The molecule has 0 aromatic carbocycles. The van der Waals surface area contributed by atoms with Crippen molar-refractivity contribution in [1.29, 1.82) is 0 Å². The largest absolute Gasteiger partial charge is 0.458 e. The molecule has 48 heavy (non-hydrogen) atoms. The van der Waals surface area contributed by atoms with Crippen molar-refractivity contribution in [2.24, 2.45) is 22.9 Å². The molecule has 1 amide bonds. The number of rotatable bonds is 10. The summed E-state index contributed by atoms with van der Waals surface area (Å²) in [5.41, 5.74) is 6.48. The fourth-order valence-corrected chi connectivity index (χ4v) is 7.99. The maximum absolute atomic E-state index is 14.1. The highest BCUT2D eigenvalue weighted by Gasteiger charge is 2.58. The number of amides is 1. The molecular formula is C34H59N5O9. The fraction of sp³-hybridized carbons (Fsp3) is 0.912. The molecule has 3 aliphatic heterocycles. The summed E-state index contributed by atoms with van der Waals surface area (Å²) in [5, 5.41) is 14.9. The summed E-state index contributed by atoms with van der Waals surface area (Å²) in [6.07, 6.45) is -0.315. The number of ether oxygens (including phenoxy) is 5. The summed E-state index contributed by atoms with van der Waals surface area (Å²) in [4.78, 5) is 47.7. The lowest BCUT2D eigenvalue weighted by Gasteiger charge is -2.46. The van der Waals surface area contributed by atoms with E-state index in [1.165, 1.54) is 6.92 Å². The van der Waals surface area contributed by atoms with Crippen LogP contribution in [0.5, 0.6) is 0 Å². The third-order valence-electron chi connectivity index (χ3n) is 10.9. The summed E-state index contributed by atoms with van der Waals surface area (Å²) in [5.74, 6) is -3.14. The summed E-state index contributed by atoms with van der Waals surface area (Å²) >= 11 is 0. The van der Waals surface area contributed by atoms with Gasteiger partial charge in [-0.05, 0) is 91.8 Å². The summed E-state index contributed by atoms with van der Waals surface area (Å²) in [6.45, 7) is 13.5. The van der Waals surface area contributed by atoms with Crippen molar-refractivity contribution in [1.82, 2.24) is 9.80 Å². The zero-order chi connectivity index (χ0) is 36.0. The molecule has 0 aliphatic carbocycles. The maximum Gasteiger partial charge on any atom is 0.410 e. The summed E-state index contributed by atoms with van der Waals surface area (Å²) in [7, 11) is 5.37. The van der Waals surface area contributed by atoms with E-state index < -0.39 is 65.7 Å². The highest BCUT2D eigenvalue weighted by molar-refractivity contribution is 6.00. The SMILES string of the molecule is CC[C@H]1OC(=O)[C@H](C)C(=O)[C@@H](C)[C@@H](O[C@@H]2OC(C)CC(N(C)C)C2O)[C@](C)(OC)CCC[C@H](C)[C@H]2N(CCCCN=[N+]=[N-])C(=O)O[C@]12C. The Kier molecular flexibility index (Phi) is 14.1. The molecule has 1 N–H and O–H groups in total. The molecule has 3 saturated heterocycles. The van der Waals surface area contributed by atoms with Gasteiger partial charge in [0.1, 0.15) is 18.1 Å². The molecule has 3 fully saturated rings. The number of esters is 1. The Balaban J connectivity index is 2.00. The van der Waals surface area contributed by atoms with Gasteiger partial charge < -0.3 is 38.6 Å². The number of carbonyl (C=O) groups is 3. The number of likely N-dealkylation sites (N-methyl/N-ethyl adjacent to an activating group) is 1. The van der Waals surface area contributed by atoms with Gasteiger partial charge in [0, 0.05) is 37.1 Å². The van der Waals surface area contributed by atoms with Crippen molar-refractivity contribution in [2.45, 2.75) is 147 Å². The molecule has 14 heteroatoms. The molecule has 0 saturated carbocycles. The first-order chi connectivity index (χ1) is 22.6. The van der Waals surface area contributed by atoms with E-state index in [1.54, 1.807) is 18.9 Å². The number of unbranched alkanes of at least 4 members (excludes halogenated alkanes) is 1. The molecule has 3 heterocycles. The van der Waals surface area contributed by atoms with E-state index in [2.05, 4.69) is 16.9 Å². The second kappa shape index (κ2) is 17.0. The van der Waals surface area contributed by atoms with E-state index in [0.717, 1.165) is 0 Å². The van der Waals surface area contributed by atoms with Crippen molar-refractivity contribution in [3.8, 4) is 0 Å². The van der Waals surface area contributed by atoms with Crippen LogP contribution in [0, 0.1) is 17.8 Å². The monoisotopic (exact) mass is 681 g/mol. The predicted octanol–water partition coefficient (Wildman–Crippen LogP) is 4.86. The van der Waals surface area contributed by atoms with Crippen molar-refractivity contribution in [3.05, 3.63) is 10.4 Å². The van der Waals surface area contributed by atoms with E-state index in [4.69, 9.17) is 29.2 Å². The molecular weight excluding hydrogens is 622 g/mol. The van der Waals surface area contributed by atoms with Gasteiger partial charge in [0.15, 0.2) is 17.7 Å². The zero-order valence-electron chi connectivity index (χ0n) is 30.6. The lowest BCUT2D eigenvalue weighted by Crippen LogP contribution is -2.59. The van der Waals surface area contributed by atoms with Gasteiger partial charge in [-0.2, -0.15) is 0 Å². The van der Waals surface area contributed by atoms with Crippen molar-refractivity contribution < 1.29 is 43.2 Å². The lowest BCUT2D eigenvalue weighted by molar-refractivity contribution is -0.294. The first kappa shape index (κ1) is 40.0. The first-order valence-electron chi connectivity index (χ1n) is 17.5. The number of azide groups is 1. The fourth-order valence-electron chi connectivity index (χ4n) is 7.99. The number of hydrogen-bond donors (Lipinski definition) is 1. The second-order valence-corrected chi connectivity index (χ2v) is 14.6. The number of methoxy groups -OCH3 is 1. The van der Waals surface area contributed by atoms with Crippen LogP contribution in [0.25, 0.3) is 10.4 Å². The minimum atomic E-state index is -1.16. The third-order valence-corrected chi connectivity index (χ3v) is 10.9. The van der Waals surface area contributed by atoms with E-state index in [-0.39, 0.29) is 23.8 Å². The van der Waals surface area contributed by atoms with Crippen LogP contribution in [0.3, 0.4) is 0 Å². The Labute approximate surface area is 285 Å². The highest BCUT2D eigenvalue weighted by atomic mass is 16.7. The number of cyclic esters (lactones) is 1. The van der Waals surface area contributed by atoms with Crippen LogP contribution in [-0.4, -0.2) is 121 Å². The number of nitrogens with zero attached hydrogens (tertiary/aromatic N) is 5. The Morgan fingerprint density at radius 1 is 1.15 bits per heavy atom. The highest BCUT2D eigenvalue weighted by Crippen LogP contribution is 2.43. The van der Waals surface area contributed by atoms with E-state index in [0.29, 0.717) is 58.0 Å². The average molecular weight is 682 g/mol. The van der Waals surface area contributed by atoms with Crippen molar-refractivity contribution in [3.63, 3.8) is 0 Å². The Morgan fingerprint density at radius 2 is 1.83 bits per heavy atom. The molecule has 12 atom stereocenters. The van der Waals surface area contributed by atoms with Gasteiger partial charge in [0.05, 0.1) is 23.9 Å². The van der Waals surface area contributed by atoms with Gasteiger partial charge in [-0.25, -0.2) is 4.79 Å². The summed E-state index contributed by atoms with van der Waals surface area (Å²) in [6, 6.07) is -0.642. The number of carbonyl (C=O) groups excluding carboxylic acids is 3. The van der Waals surface area contributed by atoms with Gasteiger partial charge in [-0.3, -0.25) is 9.59 Å². The molecule has 0 aromatic rings. The maximum atomic E-state index is 14.1. The summed E-state index contributed by atoms with van der Waals surface area (Å²) < 4.78 is 31.0. The zero-order valence-corrected chi connectivity index (χ0v) is 30.6. The normalized spacial score (nSPS) is 40.1. The molecule has 0 bridgehead atoms. The van der Waals surface area contributed by atoms with Gasteiger partial charge >= 0.3 is 12.1 Å². The Hall–Kier alpha value is -2.48. The quantitative estimate of drug-likeness (QED) is 0.0838. The number of aliphatic hydroxyl groups is 1. The molecule has 3 rings (SSSR count). The van der Waals surface area contributed by atoms with Crippen LogP contribution in [0.2, 0.25) is 0 Å². The van der Waals surface area contributed by atoms with Crippen LogP contribution >= 0.6 is 0 Å². The number of ketones is 1. The smallest absolute Gasteiger partial charge is 0.410 e. The minimum Gasteiger partial charge on any atom is -0.458 e. The lowest BCUT2D eigenvalue weighted by atomic mass is 9.76. The van der Waals surface area contributed by atoms with Gasteiger partial charge in [-0.15, -0.1) is 0 Å². The molecule has 14 nitrogen and oxygen atoms in total. The van der Waals surface area contributed by atoms with Crippen LogP contribution in [0.4, 0.5) is 4.79 Å². The minimum absolute atomic E-state index is 0.0728. The standard InChI is InChI=1S/C34H59N5O9/c1-11-25-34(7)28(39(32(43)48-34)18-13-12-17-36-37-35)20(2)15-14-16-33(6,44-10)29(22(4)26(40)23(5)30(42)46-25)47-31-27(41)24(38(8)9)19-21(3)45-31/h20-25,27-29,31,41H,11-19H2,1-10H3/t20-,21?,22+,23+,24?,25+,27?,28+,29+,31-,33+,34+/m0/s1. The number of hydrogen-bond acceptors (Lipinski definition) is 11. The molecule has 0 spiro atoms. The topological polar surface area (TPSA) is 173 Å². The Morgan fingerprint density at radius 3 is 2.44 bits per heavy atom. The van der Waals surface area contributed by atoms with Crippen LogP contribution in [0.1, 0.15) is 93.4 Å². The first-order valence-corrected chi connectivity index (χ1v) is 17.5. The van der Waals surface area contributed by atoms with E-state index in [9.17, 15) is 19.5 Å². The van der Waals surface area contributed by atoms with Crippen LogP contribution in [0.15, 0.2) is 5.11 Å². The van der Waals surface area contributed by atoms with Crippen molar-refractivity contribution >= 4 is 17.8 Å². The van der Waals surface area contributed by atoms with E-state index in [1.807, 2.05) is 46.7 Å². The third kappa shape index (κ3) is 8.62. The predicted molar refractivity (Wildman–Crippen MR) is 178 cm³/mol. The van der Waals surface area contributed by atoms with Gasteiger partial charge in [-0.1, -0.05) is 32.3 Å². The number of aliphatic hydroxyl groups excluding tert-OH is 1. The van der Waals surface area contributed by atoms with Gasteiger partial charge in [0.25, 0.3) is 0 Å². The Bertz CT molecular complexity index is 1170. The van der Waals surface area contributed by atoms with Gasteiger partial charge in [0.2, 0.25) is 0 Å². The molecule has 0 aromatic heterocycles.